The van der Waals surface area contributed by atoms with Crippen LogP contribution in [0.1, 0.15) is 148 Å². The van der Waals surface area contributed by atoms with E-state index in [9.17, 15) is 19.5 Å². The van der Waals surface area contributed by atoms with E-state index in [4.69, 9.17) is 0 Å². The van der Waals surface area contributed by atoms with Crippen molar-refractivity contribution < 1.29 is 19.5 Å². The molecule has 8 fully saturated rings. The fraction of sp³-hybridized carbons (Fsp3) is 0.891. The van der Waals surface area contributed by atoms with Crippen LogP contribution in [0.15, 0.2) is 11.1 Å². The number of imide groups is 1. The number of amides is 3. The summed E-state index contributed by atoms with van der Waals surface area (Å²) in [6.45, 7) is 11.5. The van der Waals surface area contributed by atoms with Crippen LogP contribution >= 0.6 is 0 Å². The Morgan fingerprint density at radius 3 is 2.02 bits per heavy atom. The minimum absolute atomic E-state index is 0.0576. The number of carbonyl (C=O) groups is 3. The van der Waals surface area contributed by atoms with Crippen LogP contribution in [0.5, 0.6) is 0 Å². The molecule has 9 heteroatoms. The molecule has 308 valence electrons. The van der Waals surface area contributed by atoms with Crippen molar-refractivity contribution in [3.63, 3.8) is 0 Å². The van der Waals surface area contributed by atoms with E-state index < -0.39 is 6.04 Å². The summed E-state index contributed by atoms with van der Waals surface area (Å²) in [5, 5.41) is 12.8. The van der Waals surface area contributed by atoms with Gasteiger partial charge in [0.25, 0.3) is 0 Å². The fourth-order valence-electron chi connectivity index (χ4n) is 13.4. The van der Waals surface area contributed by atoms with Crippen LogP contribution in [0.4, 0.5) is 0 Å². The van der Waals surface area contributed by atoms with Crippen LogP contribution in [-0.4, -0.2) is 119 Å². The van der Waals surface area contributed by atoms with Crippen LogP contribution in [0.2, 0.25) is 0 Å². The van der Waals surface area contributed by atoms with E-state index in [1.807, 2.05) is 16.0 Å². The Labute approximate surface area is 332 Å². The number of allylic oxidation sites excluding steroid dienone is 2. The van der Waals surface area contributed by atoms with E-state index in [0.717, 1.165) is 88.0 Å². The summed E-state index contributed by atoms with van der Waals surface area (Å²) in [5.41, 5.74) is 3.79. The normalized spacial score (nSPS) is 37.5. The van der Waals surface area contributed by atoms with Gasteiger partial charge in [-0.25, -0.2) is 0 Å². The highest BCUT2D eigenvalue weighted by molar-refractivity contribution is 6.02. The zero-order valence-corrected chi connectivity index (χ0v) is 34.4. The number of aliphatic hydroxyl groups excluding tert-OH is 1. The highest BCUT2D eigenvalue weighted by atomic mass is 16.3. The van der Waals surface area contributed by atoms with Gasteiger partial charge in [0.1, 0.15) is 6.04 Å². The molecule has 3 amide bonds. The van der Waals surface area contributed by atoms with Crippen molar-refractivity contribution in [2.24, 2.45) is 35.5 Å². The molecular formula is C46H75N5O4. The van der Waals surface area contributed by atoms with Gasteiger partial charge in [0.15, 0.2) is 0 Å². The van der Waals surface area contributed by atoms with E-state index in [1.54, 1.807) is 0 Å². The maximum absolute atomic E-state index is 13.3. The van der Waals surface area contributed by atoms with Crippen molar-refractivity contribution in [3.05, 3.63) is 11.1 Å². The molecule has 0 aromatic rings. The molecule has 4 saturated carbocycles. The lowest BCUT2D eigenvalue weighted by molar-refractivity contribution is -0.144. The summed E-state index contributed by atoms with van der Waals surface area (Å²) in [5.74, 6) is 3.28. The zero-order chi connectivity index (χ0) is 37.9. The molecule has 8 aliphatic rings. The number of piperazine rings is 1. The molecular weight excluding hydrogens is 687 g/mol. The minimum atomic E-state index is -0.464. The largest absolute Gasteiger partial charge is 0.393 e. The average molecular weight is 762 g/mol. The van der Waals surface area contributed by atoms with Crippen molar-refractivity contribution in [2.45, 2.75) is 172 Å². The van der Waals surface area contributed by atoms with Gasteiger partial charge in [-0.3, -0.25) is 24.6 Å². The molecule has 0 bridgehead atoms. The summed E-state index contributed by atoms with van der Waals surface area (Å²) in [4.78, 5) is 47.6. The fourth-order valence-corrected chi connectivity index (χ4v) is 13.4. The molecule has 4 unspecified atom stereocenters. The Morgan fingerprint density at radius 2 is 1.35 bits per heavy atom. The van der Waals surface area contributed by atoms with Crippen molar-refractivity contribution in [1.29, 1.82) is 0 Å². The first-order valence-corrected chi connectivity index (χ1v) is 23.6. The number of nitrogens with zero attached hydrogens (tertiary/aromatic N) is 4. The number of hydrogen-bond acceptors (Lipinski definition) is 7. The molecule has 4 aliphatic heterocycles. The van der Waals surface area contributed by atoms with Crippen LogP contribution in [-0.2, 0) is 14.4 Å². The molecule has 0 radical (unpaired) electrons. The molecule has 4 aliphatic carbocycles. The predicted molar refractivity (Wildman–Crippen MR) is 217 cm³/mol. The maximum atomic E-state index is 13.3. The first kappa shape index (κ1) is 40.0. The van der Waals surface area contributed by atoms with Crippen LogP contribution in [0.25, 0.3) is 0 Å². The predicted octanol–water partition coefficient (Wildman–Crippen LogP) is 6.54. The van der Waals surface area contributed by atoms with E-state index in [0.29, 0.717) is 31.3 Å². The van der Waals surface area contributed by atoms with Gasteiger partial charge in [0.2, 0.25) is 17.7 Å². The minimum Gasteiger partial charge on any atom is -0.393 e. The van der Waals surface area contributed by atoms with Gasteiger partial charge in [-0.15, -0.1) is 0 Å². The summed E-state index contributed by atoms with van der Waals surface area (Å²) in [7, 11) is 0. The lowest BCUT2D eigenvalue weighted by Gasteiger charge is -2.44. The Balaban J connectivity index is 0.748. The topological polar surface area (TPSA) is 96.4 Å². The molecule has 0 aromatic carbocycles. The third-order valence-electron chi connectivity index (χ3n) is 16.6. The highest BCUT2D eigenvalue weighted by Crippen LogP contribution is 2.46. The summed E-state index contributed by atoms with van der Waals surface area (Å²) in [6, 6.07) is 0.874. The van der Waals surface area contributed by atoms with E-state index in [2.05, 4.69) is 26.9 Å². The van der Waals surface area contributed by atoms with Gasteiger partial charge in [-0.2, -0.15) is 0 Å². The first-order chi connectivity index (χ1) is 26.8. The van der Waals surface area contributed by atoms with Gasteiger partial charge in [0, 0.05) is 57.1 Å². The summed E-state index contributed by atoms with van der Waals surface area (Å²) in [6.07, 6.45) is 26.3. The van der Waals surface area contributed by atoms with Crippen molar-refractivity contribution in [3.8, 4) is 0 Å². The molecule has 0 spiro atoms. The smallest absolute Gasteiger partial charge is 0.249 e. The standard InChI is InChI=1S/C46H75N5O4/c1-2-40(33-6-4-3-5-7-33)44(35-10-15-39(52)16-11-35)34-8-12-37(13-9-34)49-24-21-32(22-25-49)20-23-48-26-28-50(29-27-48)38-14-17-41-36(30-38)31-51(46(41)55)42-18-19-43(53)47-45(42)54/h32-39,41-42,52H,2-31H2,1H3,(H,47,53,54)/b44-40+. The third kappa shape index (κ3) is 9.25. The quantitative estimate of drug-likeness (QED) is 0.193. The Hall–Kier alpha value is -1.81. The highest BCUT2D eigenvalue weighted by Gasteiger charge is 2.49. The Kier molecular flexibility index (Phi) is 13.4. The molecule has 8 rings (SSSR count). The number of fused-ring (bicyclic) bond motifs is 1. The van der Waals surface area contributed by atoms with Crippen molar-refractivity contribution in [2.75, 3.05) is 52.4 Å². The Bertz CT molecular complexity index is 1350. The second-order valence-electron chi connectivity index (χ2n) is 19.6. The summed E-state index contributed by atoms with van der Waals surface area (Å²) >= 11 is 0. The van der Waals surface area contributed by atoms with Crippen LogP contribution in [0.3, 0.4) is 0 Å². The third-order valence-corrected chi connectivity index (χ3v) is 16.6. The van der Waals surface area contributed by atoms with E-state index in [-0.39, 0.29) is 29.7 Å². The second kappa shape index (κ2) is 18.4. The average Bonchev–Trinajstić information content (AvgIpc) is 3.55. The van der Waals surface area contributed by atoms with Gasteiger partial charge in [-0.05, 0) is 165 Å². The molecule has 0 aromatic heterocycles. The summed E-state index contributed by atoms with van der Waals surface area (Å²) < 4.78 is 0. The molecule has 4 atom stereocenters. The lowest BCUT2D eigenvalue weighted by atomic mass is 9.67. The SMILES string of the molecule is CC/C(=C(\C1CCC(O)CC1)C1CCC(N2CCC(CCN3CCN(C4CCC5C(=O)N(C6CCC(=O)NC6=O)CC5C4)CC3)CC2)CC1)C1CCCCC1. The van der Waals surface area contributed by atoms with Crippen molar-refractivity contribution in [1.82, 2.24) is 24.9 Å². The number of hydrogen-bond donors (Lipinski definition) is 2. The Morgan fingerprint density at radius 1 is 0.691 bits per heavy atom. The molecule has 4 heterocycles. The number of piperidine rings is 2. The molecule has 55 heavy (non-hydrogen) atoms. The van der Waals surface area contributed by atoms with Crippen molar-refractivity contribution >= 4 is 17.7 Å². The number of aliphatic hydroxyl groups is 1. The number of nitrogens with one attached hydrogen (secondary N) is 1. The zero-order valence-electron chi connectivity index (χ0n) is 34.4. The van der Waals surface area contributed by atoms with Gasteiger partial charge in [0.05, 0.1) is 6.10 Å². The van der Waals surface area contributed by atoms with E-state index >= 15 is 0 Å². The monoisotopic (exact) mass is 762 g/mol. The van der Waals surface area contributed by atoms with E-state index in [1.165, 1.54) is 116 Å². The maximum Gasteiger partial charge on any atom is 0.249 e. The van der Waals surface area contributed by atoms with Gasteiger partial charge in [-0.1, -0.05) is 37.3 Å². The van der Waals surface area contributed by atoms with Gasteiger partial charge >= 0.3 is 0 Å². The number of carbonyl (C=O) groups excluding carboxylic acids is 3. The lowest BCUT2D eigenvalue weighted by Crippen LogP contribution is -2.53. The first-order valence-electron chi connectivity index (χ1n) is 23.6. The van der Waals surface area contributed by atoms with Gasteiger partial charge < -0.3 is 19.8 Å². The second-order valence-corrected chi connectivity index (χ2v) is 19.6. The van der Waals surface area contributed by atoms with Crippen LogP contribution < -0.4 is 5.32 Å². The molecule has 4 saturated heterocycles. The molecule has 2 N–H and O–H groups in total. The number of likely N-dealkylation sites (tertiary alicyclic amines) is 2. The van der Waals surface area contributed by atoms with Crippen LogP contribution in [0, 0.1) is 35.5 Å². The number of rotatable bonds is 10. The molecule has 9 nitrogen and oxygen atoms in total.